The quantitative estimate of drug-likeness (QED) is 0.780. The summed E-state index contributed by atoms with van der Waals surface area (Å²) in [7, 11) is 0. The molecule has 1 unspecified atom stereocenters. The van der Waals surface area contributed by atoms with Crippen LogP contribution in [0.25, 0.3) is 0 Å². The Morgan fingerprint density at radius 2 is 2.44 bits per heavy atom. The summed E-state index contributed by atoms with van der Waals surface area (Å²) < 4.78 is 11.0. The average Bonchev–Trinajstić information content (AvgIpc) is 2.79. The van der Waals surface area contributed by atoms with Crippen LogP contribution in [0.5, 0.6) is 5.75 Å². The van der Waals surface area contributed by atoms with Gasteiger partial charge in [0.25, 0.3) is 0 Å². The predicted molar refractivity (Wildman–Crippen MR) is 60.3 cm³/mol. The topological polar surface area (TPSA) is 42.2 Å². The highest BCUT2D eigenvalue weighted by Gasteiger charge is 2.16. The van der Waals surface area contributed by atoms with Gasteiger partial charge in [0.05, 0.1) is 24.8 Å². The molecule has 0 amide bonds. The summed E-state index contributed by atoms with van der Waals surface area (Å²) in [6.07, 6.45) is 1.08. The fourth-order valence-corrected chi connectivity index (χ4v) is 1.78. The number of benzene rings is 1. The summed E-state index contributed by atoms with van der Waals surface area (Å²) in [4.78, 5) is 0. The molecule has 0 spiro atoms. The largest absolute Gasteiger partial charge is 0.493 e. The molecule has 1 aromatic carbocycles. The van der Waals surface area contributed by atoms with Crippen LogP contribution in [0.2, 0.25) is 0 Å². The summed E-state index contributed by atoms with van der Waals surface area (Å²) in [6, 6.07) is 7.71. The smallest absolute Gasteiger partial charge is 0.119 e. The van der Waals surface area contributed by atoms with Crippen LogP contribution in [0.15, 0.2) is 18.2 Å². The molecule has 0 radical (unpaired) electrons. The number of ether oxygens (including phenoxy) is 2. The van der Waals surface area contributed by atoms with E-state index in [1.807, 2.05) is 19.1 Å². The summed E-state index contributed by atoms with van der Waals surface area (Å²) in [5.74, 6) is 1.35. The first kappa shape index (κ1) is 11.0. The van der Waals surface area contributed by atoms with Crippen molar-refractivity contribution >= 4 is 0 Å². The lowest BCUT2D eigenvalue weighted by Crippen LogP contribution is -2.11. The molecule has 0 aromatic heterocycles. The van der Waals surface area contributed by atoms with Crippen molar-refractivity contribution in [1.29, 1.82) is 5.26 Å². The third-order valence-corrected chi connectivity index (χ3v) is 2.83. The standard InChI is InChI=1S/C13H15NO2/c1-10-6-13(3-2-12(10)7-14)16-9-11-4-5-15-8-11/h2-3,6,11H,4-5,8-9H2,1H3. The van der Waals surface area contributed by atoms with Crippen LogP contribution in [0.1, 0.15) is 17.5 Å². The van der Waals surface area contributed by atoms with E-state index in [0.29, 0.717) is 18.1 Å². The van der Waals surface area contributed by atoms with E-state index >= 15 is 0 Å². The lowest BCUT2D eigenvalue weighted by atomic mass is 10.1. The molecule has 0 N–H and O–H groups in total. The van der Waals surface area contributed by atoms with E-state index in [1.54, 1.807) is 6.07 Å². The number of nitriles is 1. The lowest BCUT2D eigenvalue weighted by molar-refractivity contribution is 0.167. The fraction of sp³-hybridized carbons (Fsp3) is 0.462. The molecule has 2 rings (SSSR count). The van der Waals surface area contributed by atoms with Crippen molar-refractivity contribution in [2.75, 3.05) is 19.8 Å². The molecular weight excluding hydrogens is 202 g/mol. The van der Waals surface area contributed by atoms with E-state index in [9.17, 15) is 0 Å². The Labute approximate surface area is 95.6 Å². The predicted octanol–water partition coefficient (Wildman–Crippen LogP) is 2.28. The van der Waals surface area contributed by atoms with Crippen LogP contribution in [0.4, 0.5) is 0 Å². The number of nitrogens with zero attached hydrogens (tertiary/aromatic N) is 1. The van der Waals surface area contributed by atoms with Gasteiger partial charge in [0.1, 0.15) is 5.75 Å². The Hall–Kier alpha value is -1.53. The summed E-state index contributed by atoms with van der Waals surface area (Å²) in [6.45, 7) is 4.27. The van der Waals surface area contributed by atoms with Crippen molar-refractivity contribution in [2.45, 2.75) is 13.3 Å². The highest BCUT2D eigenvalue weighted by Crippen LogP contribution is 2.19. The van der Waals surface area contributed by atoms with E-state index < -0.39 is 0 Å². The van der Waals surface area contributed by atoms with Gasteiger partial charge in [0.15, 0.2) is 0 Å². The molecule has 16 heavy (non-hydrogen) atoms. The monoisotopic (exact) mass is 217 g/mol. The Kier molecular flexibility index (Phi) is 3.43. The van der Waals surface area contributed by atoms with Crippen molar-refractivity contribution in [3.05, 3.63) is 29.3 Å². The zero-order valence-corrected chi connectivity index (χ0v) is 9.40. The van der Waals surface area contributed by atoms with Crippen LogP contribution in [0.3, 0.4) is 0 Å². The van der Waals surface area contributed by atoms with Crippen LogP contribution >= 0.6 is 0 Å². The van der Waals surface area contributed by atoms with Crippen molar-refractivity contribution in [3.8, 4) is 11.8 Å². The fourth-order valence-electron chi connectivity index (χ4n) is 1.78. The minimum atomic E-state index is 0.510. The molecule has 1 aliphatic rings. The van der Waals surface area contributed by atoms with Gasteiger partial charge in [-0.1, -0.05) is 0 Å². The zero-order valence-electron chi connectivity index (χ0n) is 9.40. The van der Waals surface area contributed by atoms with Crippen LogP contribution in [-0.2, 0) is 4.74 Å². The van der Waals surface area contributed by atoms with Gasteiger partial charge >= 0.3 is 0 Å². The van der Waals surface area contributed by atoms with E-state index in [2.05, 4.69) is 6.07 Å². The Morgan fingerprint density at radius 3 is 3.06 bits per heavy atom. The third kappa shape index (κ3) is 2.53. The van der Waals surface area contributed by atoms with Gasteiger partial charge < -0.3 is 9.47 Å². The maximum absolute atomic E-state index is 8.80. The van der Waals surface area contributed by atoms with E-state index in [4.69, 9.17) is 14.7 Å². The van der Waals surface area contributed by atoms with Crippen molar-refractivity contribution in [2.24, 2.45) is 5.92 Å². The molecule has 1 aliphatic heterocycles. The molecule has 0 bridgehead atoms. The molecule has 1 saturated heterocycles. The molecule has 1 fully saturated rings. The Balaban J connectivity index is 1.94. The van der Waals surface area contributed by atoms with Crippen molar-refractivity contribution in [1.82, 2.24) is 0 Å². The van der Waals surface area contributed by atoms with Crippen molar-refractivity contribution < 1.29 is 9.47 Å². The second kappa shape index (κ2) is 5.00. The van der Waals surface area contributed by atoms with Gasteiger partial charge in [-0.15, -0.1) is 0 Å². The van der Waals surface area contributed by atoms with Gasteiger partial charge in [-0.25, -0.2) is 0 Å². The lowest BCUT2D eigenvalue weighted by Gasteiger charge is -2.11. The first-order valence-corrected chi connectivity index (χ1v) is 5.51. The molecular formula is C13H15NO2. The van der Waals surface area contributed by atoms with Crippen LogP contribution in [-0.4, -0.2) is 19.8 Å². The van der Waals surface area contributed by atoms with E-state index in [-0.39, 0.29) is 0 Å². The molecule has 1 aromatic rings. The molecule has 1 atom stereocenters. The van der Waals surface area contributed by atoms with Crippen LogP contribution in [0, 0.1) is 24.2 Å². The summed E-state index contributed by atoms with van der Waals surface area (Å²) in [5, 5.41) is 8.80. The number of aryl methyl sites for hydroxylation is 1. The average molecular weight is 217 g/mol. The first-order chi connectivity index (χ1) is 7.79. The van der Waals surface area contributed by atoms with E-state index in [1.165, 1.54) is 0 Å². The Morgan fingerprint density at radius 1 is 1.56 bits per heavy atom. The molecule has 1 heterocycles. The third-order valence-electron chi connectivity index (χ3n) is 2.83. The van der Waals surface area contributed by atoms with Gasteiger partial charge in [-0.05, 0) is 37.1 Å². The minimum absolute atomic E-state index is 0.510. The highest BCUT2D eigenvalue weighted by atomic mass is 16.5. The number of hydrogen-bond donors (Lipinski definition) is 0. The zero-order chi connectivity index (χ0) is 11.4. The normalized spacial score (nSPS) is 19.4. The molecule has 0 aliphatic carbocycles. The molecule has 3 nitrogen and oxygen atoms in total. The van der Waals surface area contributed by atoms with Crippen LogP contribution < -0.4 is 4.74 Å². The maximum Gasteiger partial charge on any atom is 0.119 e. The molecule has 3 heteroatoms. The highest BCUT2D eigenvalue weighted by molar-refractivity contribution is 5.41. The molecule has 0 saturated carbocycles. The number of hydrogen-bond acceptors (Lipinski definition) is 3. The first-order valence-electron chi connectivity index (χ1n) is 5.51. The summed E-state index contributed by atoms with van der Waals surface area (Å²) >= 11 is 0. The SMILES string of the molecule is Cc1cc(OCC2CCOC2)ccc1C#N. The minimum Gasteiger partial charge on any atom is -0.493 e. The van der Waals surface area contributed by atoms with Gasteiger partial charge in [0, 0.05) is 12.5 Å². The summed E-state index contributed by atoms with van der Waals surface area (Å²) in [5.41, 5.74) is 1.67. The van der Waals surface area contributed by atoms with Gasteiger partial charge in [0.2, 0.25) is 0 Å². The van der Waals surface area contributed by atoms with Gasteiger partial charge in [-0.3, -0.25) is 0 Å². The van der Waals surface area contributed by atoms with Gasteiger partial charge in [-0.2, -0.15) is 5.26 Å². The second-order valence-corrected chi connectivity index (χ2v) is 4.13. The van der Waals surface area contributed by atoms with E-state index in [0.717, 1.165) is 30.9 Å². The number of rotatable bonds is 3. The second-order valence-electron chi connectivity index (χ2n) is 4.13. The maximum atomic E-state index is 8.80. The molecule has 84 valence electrons. The Bertz CT molecular complexity index is 403. The van der Waals surface area contributed by atoms with Crippen molar-refractivity contribution in [3.63, 3.8) is 0 Å².